The summed E-state index contributed by atoms with van der Waals surface area (Å²) >= 11 is 0. The Kier molecular flexibility index (Phi) is 13.7. The van der Waals surface area contributed by atoms with Gasteiger partial charge in [-0.1, -0.05) is 75.9 Å². The van der Waals surface area contributed by atoms with Crippen LogP contribution in [0.4, 0.5) is 0 Å². The summed E-state index contributed by atoms with van der Waals surface area (Å²) in [7, 11) is 0. The van der Waals surface area contributed by atoms with Crippen LogP contribution in [0.2, 0.25) is 0 Å². The van der Waals surface area contributed by atoms with Crippen LogP contribution < -0.4 is 0 Å². The molecule has 0 atom stereocenters. The van der Waals surface area contributed by atoms with E-state index in [1.807, 2.05) is 0 Å². The van der Waals surface area contributed by atoms with Crippen molar-refractivity contribution in [2.45, 2.75) is 54.4 Å². The van der Waals surface area contributed by atoms with Gasteiger partial charge >= 0.3 is 0 Å². The zero-order valence-corrected chi connectivity index (χ0v) is 10.7. The fourth-order valence-electron chi connectivity index (χ4n) is 0.637. The zero-order valence-electron chi connectivity index (χ0n) is 10.7. The topological polar surface area (TPSA) is 0 Å². The summed E-state index contributed by atoms with van der Waals surface area (Å²) in [6, 6.07) is 8.48. The van der Waals surface area contributed by atoms with E-state index in [0.29, 0.717) is 0 Å². The Labute approximate surface area is 90.4 Å². The van der Waals surface area contributed by atoms with Gasteiger partial charge in [0, 0.05) is 0 Å². The van der Waals surface area contributed by atoms with E-state index in [0.717, 1.165) is 0 Å². The first kappa shape index (κ1) is 15.7. The minimum atomic E-state index is 1.25. The predicted octanol–water partition coefficient (Wildman–Crippen LogP) is 5.14. The van der Waals surface area contributed by atoms with Crippen molar-refractivity contribution in [1.29, 1.82) is 0 Å². The van der Waals surface area contributed by atoms with Crippen LogP contribution in [0.25, 0.3) is 0 Å². The summed E-state index contributed by atoms with van der Waals surface area (Å²) in [5.74, 6) is 0. The molecular weight excluding hydrogens is 168 g/mol. The molecule has 14 heavy (non-hydrogen) atoms. The standard InChI is InChI=1S/C8H10.2C3H8/c1-7-3-5-8(2)6-4-7;2*1-3-2/h3-6H,1-2H3;2*3H2,1-2H3. The van der Waals surface area contributed by atoms with E-state index in [1.54, 1.807) is 0 Å². The van der Waals surface area contributed by atoms with Crippen molar-refractivity contribution < 1.29 is 0 Å². The van der Waals surface area contributed by atoms with Gasteiger partial charge in [-0.3, -0.25) is 0 Å². The number of hydrogen-bond donors (Lipinski definition) is 0. The molecule has 0 amide bonds. The van der Waals surface area contributed by atoms with Gasteiger partial charge in [-0.15, -0.1) is 0 Å². The molecule has 0 aromatic heterocycles. The number of benzene rings is 1. The molecule has 0 aliphatic heterocycles. The molecule has 1 aromatic rings. The largest absolute Gasteiger partial charge is 0.0656 e. The molecule has 1 rings (SSSR count). The molecule has 0 heteroatoms. The Bertz CT molecular complexity index is 161. The van der Waals surface area contributed by atoms with Crippen molar-refractivity contribution in [3.63, 3.8) is 0 Å². The van der Waals surface area contributed by atoms with E-state index < -0.39 is 0 Å². The van der Waals surface area contributed by atoms with E-state index in [2.05, 4.69) is 65.8 Å². The lowest BCUT2D eigenvalue weighted by Gasteiger charge is -1.90. The van der Waals surface area contributed by atoms with Gasteiger partial charge in [0.25, 0.3) is 0 Å². The maximum absolute atomic E-state index is 2.12. The van der Waals surface area contributed by atoms with E-state index in [9.17, 15) is 0 Å². The van der Waals surface area contributed by atoms with E-state index in [1.165, 1.54) is 24.0 Å². The fourth-order valence-corrected chi connectivity index (χ4v) is 0.637. The molecule has 0 radical (unpaired) electrons. The monoisotopic (exact) mass is 194 g/mol. The molecule has 0 bridgehead atoms. The highest BCUT2D eigenvalue weighted by Gasteiger charge is 1.79. The van der Waals surface area contributed by atoms with Crippen molar-refractivity contribution in [3.05, 3.63) is 35.4 Å². The van der Waals surface area contributed by atoms with E-state index in [-0.39, 0.29) is 0 Å². The predicted molar refractivity (Wildman–Crippen MR) is 67.8 cm³/mol. The van der Waals surface area contributed by atoms with Gasteiger partial charge < -0.3 is 0 Å². The fraction of sp³-hybridized carbons (Fsp3) is 0.571. The zero-order chi connectivity index (χ0) is 11.4. The summed E-state index contributed by atoms with van der Waals surface area (Å²) in [6.07, 6.45) is 2.50. The number of hydrogen-bond acceptors (Lipinski definition) is 0. The van der Waals surface area contributed by atoms with Gasteiger partial charge in [0.1, 0.15) is 0 Å². The SMILES string of the molecule is CCC.CCC.Cc1ccc(C)cc1. The van der Waals surface area contributed by atoms with Gasteiger partial charge in [-0.2, -0.15) is 0 Å². The molecule has 1 aromatic carbocycles. The Balaban J connectivity index is 0. The van der Waals surface area contributed by atoms with Crippen LogP contribution in [0.3, 0.4) is 0 Å². The second kappa shape index (κ2) is 12.2. The second-order valence-electron chi connectivity index (χ2n) is 3.57. The summed E-state index contributed by atoms with van der Waals surface area (Å²) in [5, 5.41) is 0. The first-order valence-corrected chi connectivity index (χ1v) is 5.65. The highest BCUT2D eigenvalue weighted by Crippen LogP contribution is 1.99. The van der Waals surface area contributed by atoms with Crippen LogP contribution in [0.1, 0.15) is 51.7 Å². The lowest BCUT2D eigenvalue weighted by atomic mass is 10.2. The van der Waals surface area contributed by atoms with Crippen molar-refractivity contribution in [2.75, 3.05) is 0 Å². The van der Waals surface area contributed by atoms with Crippen LogP contribution in [-0.2, 0) is 0 Å². The van der Waals surface area contributed by atoms with Crippen LogP contribution in [-0.4, -0.2) is 0 Å². The Morgan fingerprint density at radius 2 is 0.786 bits per heavy atom. The van der Waals surface area contributed by atoms with E-state index in [4.69, 9.17) is 0 Å². The molecule has 0 aliphatic rings. The first-order valence-electron chi connectivity index (χ1n) is 5.65. The summed E-state index contributed by atoms with van der Waals surface area (Å²) in [4.78, 5) is 0. The van der Waals surface area contributed by atoms with Crippen molar-refractivity contribution in [2.24, 2.45) is 0 Å². The molecule has 0 N–H and O–H groups in total. The molecule has 0 saturated heterocycles. The summed E-state index contributed by atoms with van der Waals surface area (Å²) in [6.45, 7) is 12.7. The Morgan fingerprint density at radius 3 is 0.929 bits per heavy atom. The van der Waals surface area contributed by atoms with Crippen LogP contribution in [0, 0.1) is 13.8 Å². The van der Waals surface area contributed by atoms with Crippen LogP contribution >= 0.6 is 0 Å². The molecule has 0 heterocycles. The lowest BCUT2D eigenvalue weighted by Crippen LogP contribution is -1.70. The Hall–Kier alpha value is -0.780. The molecule has 0 fully saturated rings. The van der Waals surface area contributed by atoms with Gasteiger partial charge in [0.2, 0.25) is 0 Å². The molecule has 82 valence electrons. The maximum atomic E-state index is 2.12. The number of rotatable bonds is 0. The third kappa shape index (κ3) is 13.8. The average Bonchev–Trinajstić information content (AvgIpc) is 2.13. The van der Waals surface area contributed by atoms with Crippen LogP contribution in [0.5, 0.6) is 0 Å². The highest BCUT2D eigenvalue weighted by atomic mass is 13.9. The normalized spacial score (nSPS) is 7.86. The van der Waals surface area contributed by atoms with Gasteiger partial charge in [-0.25, -0.2) is 0 Å². The Morgan fingerprint density at radius 1 is 0.643 bits per heavy atom. The lowest BCUT2D eigenvalue weighted by molar-refractivity contribution is 1.09. The molecular formula is C14H26. The quantitative estimate of drug-likeness (QED) is 0.536. The molecule has 0 spiro atoms. The van der Waals surface area contributed by atoms with Gasteiger partial charge in [-0.05, 0) is 13.8 Å². The van der Waals surface area contributed by atoms with Gasteiger partial charge in [0.15, 0.2) is 0 Å². The number of aryl methyl sites for hydroxylation is 2. The van der Waals surface area contributed by atoms with Crippen molar-refractivity contribution in [3.8, 4) is 0 Å². The van der Waals surface area contributed by atoms with E-state index >= 15 is 0 Å². The molecule has 0 aliphatic carbocycles. The average molecular weight is 194 g/mol. The first-order chi connectivity index (χ1) is 6.62. The highest BCUT2D eigenvalue weighted by molar-refractivity contribution is 5.19. The third-order valence-electron chi connectivity index (χ3n) is 1.22. The van der Waals surface area contributed by atoms with Crippen LogP contribution in [0.15, 0.2) is 24.3 Å². The van der Waals surface area contributed by atoms with Gasteiger partial charge in [0.05, 0.1) is 0 Å². The summed E-state index contributed by atoms with van der Waals surface area (Å²) in [5.41, 5.74) is 2.66. The van der Waals surface area contributed by atoms with Crippen molar-refractivity contribution >= 4 is 0 Å². The molecule has 0 unspecified atom stereocenters. The third-order valence-corrected chi connectivity index (χ3v) is 1.22. The molecule has 0 nitrogen and oxygen atoms in total. The molecule has 0 saturated carbocycles. The minimum Gasteiger partial charge on any atom is -0.0656 e. The summed E-state index contributed by atoms with van der Waals surface area (Å²) < 4.78 is 0. The maximum Gasteiger partial charge on any atom is -0.0398 e. The minimum absolute atomic E-state index is 1.25. The smallest absolute Gasteiger partial charge is 0.0398 e. The second-order valence-corrected chi connectivity index (χ2v) is 3.57. The van der Waals surface area contributed by atoms with Crippen molar-refractivity contribution in [1.82, 2.24) is 0 Å².